The lowest BCUT2D eigenvalue weighted by Gasteiger charge is -2.21. The topological polar surface area (TPSA) is 89.3 Å². The van der Waals surface area contributed by atoms with Gasteiger partial charge in [-0.3, -0.25) is 10.1 Å². The van der Waals surface area contributed by atoms with Gasteiger partial charge in [-0.25, -0.2) is 13.1 Å². The van der Waals surface area contributed by atoms with Gasteiger partial charge in [-0.15, -0.1) is 0 Å². The van der Waals surface area contributed by atoms with Gasteiger partial charge in [0, 0.05) is 12.1 Å². The first-order valence-corrected chi connectivity index (χ1v) is 8.05. The maximum absolute atomic E-state index is 13.5. The van der Waals surface area contributed by atoms with Gasteiger partial charge in [-0.05, 0) is 30.9 Å². The number of aryl methyl sites for hydroxylation is 1. The highest BCUT2D eigenvalue weighted by Gasteiger charge is 2.27. The van der Waals surface area contributed by atoms with E-state index in [0.29, 0.717) is 6.42 Å². The average Bonchev–Trinajstić information content (AvgIpc) is 2.34. The van der Waals surface area contributed by atoms with Crippen LogP contribution in [-0.2, 0) is 10.0 Å². The predicted octanol–water partition coefficient (Wildman–Crippen LogP) is 2.76. The maximum atomic E-state index is 13.5. The summed E-state index contributed by atoms with van der Waals surface area (Å²) in [5.74, 6) is -0.979. The Hall–Kier alpha value is -1.54. The van der Waals surface area contributed by atoms with Crippen molar-refractivity contribution in [3.63, 3.8) is 0 Å². The van der Waals surface area contributed by atoms with Crippen LogP contribution in [0.2, 0.25) is 0 Å². The summed E-state index contributed by atoms with van der Waals surface area (Å²) in [6, 6.07) is 1.33. The van der Waals surface area contributed by atoms with Crippen molar-refractivity contribution in [3.8, 4) is 0 Å². The number of nitrogens with one attached hydrogen (secondary N) is 1. The van der Waals surface area contributed by atoms with E-state index in [1.54, 1.807) is 0 Å². The van der Waals surface area contributed by atoms with Gasteiger partial charge in [0.25, 0.3) is 0 Å². The minimum absolute atomic E-state index is 0.0699. The smallest absolute Gasteiger partial charge is 0.258 e. The Morgan fingerprint density at radius 3 is 2.38 bits per heavy atom. The molecule has 1 N–H and O–H groups in total. The number of sulfonamides is 1. The first kappa shape index (κ1) is 17.5. The standard InChI is InChI=1S/C13H19FN2O4S/c1-5-11(8(2)3)15-21(19,20)13-7-12(16(17)18)10(14)6-9(13)4/h6-8,11,15H,5H2,1-4H3. The summed E-state index contributed by atoms with van der Waals surface area (Å²) < 4.78 is 40.7. The fraction of sp³-hybridized carbons (Fsp3) is 0.538. The van der Waals surface area contributed by atoms with Crippen molar-refractivity contribution in [2.45, 2.75) is 45.1 Å². The molecule has 0 bridgehead atoms. The molecule has 0 fully saturated rings. The summed E-state index contributed by atoms with van der Waals surface area (Å²) in [6.45, 7) is 6.98. The Labute approximate surface area is 123 Å². The monoisotopic (exact) mass is 318 g/mol. The molecule has 0 amide bonds. The van der Waals surface area contributed by atoms with E-state index < -0.39 is 26.5 Å². The van der Waals surface area contributed by atoms with E-state index in [-0.39, 0.29) is 22.4 Å². The Bertz CT molecular complexity index is 644. The summed E-state index contributed by atoms with van der Waals surface area (Å²) in [6.07, 6.45) is 0.583. The van der Waals surface area contributed by atoms with E-state index >= 15 is 0 Å². The summed E-state index contributed by atoms with van der Waals surface area (Å²) in [5.41, 5.74) is -0.720. The molecule has 0 heterocycles. The molecule has 8 heteroatoms. The van der Waals surface area contributed by atoms with Crippen molar-refractivity contribution in [2.24, 2.45) is 5.92 Å². The molecule has 0 aromatic heterocycles. The van der Waals surface area contributed by atoms with Gasteiger partial charge >= 0.3 is 5.69 Å². The quantitative estimate of drug-likeness (QED) is 0.645. The third-order valence-corrected chi connectivity index (χ3v) is 4.91. The van der Waals surface area contributed by atoms with Gasteiger partial charge in [0.1, 0.15) is 0 Å². The van der Waals surface area contributed by atoms with Crippen LogP contribution >= 0.6 is 0 Å². The van der Waals surface area contributed by atoms with Crippen LogP contribution in [0.1, 0.15) is 32.8 Å². The first-order chi connectivity index (χ1) is 9.60. The highest BCUT2D eigenvalue weighted by molar-refractivity contribution is 7.89. The molecule has 0 spiro atoms. The van der Waals surface area contributed by atoms with Crippen LogP contribution in [0, 0.1) is 28.8 Å². The minimum atomic E-state index is -3.94. The number of nitro groups is 1. The number of hydrogen-bond donors (Lipinski definition) is 1. The number of rotatable bonds is 6. The van der Waals surface area contributed by atoms with Crippen molar-refractivity contribution in [1.82, 2.24) is 4.72 Å². The average molecular weight is 318 g/mol. The Balaban J connectivity index is 3.31. The van der Waals surface area contributed by atoms with Gasteiger partial charge in [0.15, 0.2) is 0 Å². The zero-order valence-corrected chi connectivity index (χ0v) is 13.2. The van der Waals surface area contributed by atoms with E-state index in [9.17, 15) is 22.9 Å². The second-order valence-corrected chi connectivity index (χ2v) is 6.89. The van der Waals surface area contributed by atoms with E-state index in [4.69, 9.17) is 0 Å². The molecule has 1 atom stereocenters. The zero-order valence-electron chi connectivity index (χ0n) is 12.4. The van der Waals surface area contributed by atoms with Crippen molar-refractivity contribution in [2.75, 3.05) is 0 Å². The molecule has 1 rings (SSSR count). The van der Waals surface area contributed by atoms with Crippen LogP contribution in [0.3, 0.4) is 0 Å². The van der Waals surface area contributed by atoms with Crippen molar-refractivity contribution in [1.29, 1.82) is 0 Å². The number of nitrogens with zero attached hydrogens (tertiary/aromatic N) is 1. The maximum Gasteiger partial charge on any atom is 0.306 e. The summed E-state index contributed by atoms with van der Waals surface area (Å²) in [5, 5.41) is 10.7. The highest BCUT2D eigenvalue weighted by Crippen LogP contribution is 2.25. The Kier molecular flexibility index (Phi) is 5.41. The van der Waals surface area contributed by atoms with E-state index in [1.807, 2.05) is 20.8 Å². The zero-order chi connectivity index (χ0) is 16.4. The molecule has 21 heavy (non-hydrogen) atoms. The summed E-state index contributed by atoms with van der Waals surface area (Å²) in [4.78, 5) is 9.54. The lowest BCUT2D eigenvalue weighted by atomic mass is 10.0. The molecule has 1 aromatic carbocycles. The molecule has 0 aliphatic heterocycles. The van der Waals surface area contributed by atoms with Gasteiger partial charge in [0.05, 0.1) is 9.82 Å². The number of hydrogen-bond acceptors (Lipinski definition) is 4. The van der Waals surface area contributed by atoms with E-state index in [2.05, 4.69) is 4.72 Å². The van der Waals surface area contributed by atoms with Crippen LogP contribution in [0.4, 0.5) is 10.1 Å². The first-order valence-electron chi connectivity index (χ1n) is 6.57. The predicted molar refractivity (Wildman–Crippen MR) is 77.0 cm³/mol. The second-order valence-electron chi connectivity index (χ2n) is 5.21. The number of benzene rings is 1. The van der Waals surface area contributed by atoms with E-state index in [1.165, 1.54) is 6.92 Å². The summed E-state index contributed by atoms with van der Waals surface area (Å²) in [7, 11) is -3.94. The second kappa shape index (κ2) is 6.48. The van der Waals surface area contributed by atoms with E-state index in [0.717, 1.165) is 12.1 Å². The van der Waals surface area contributed by atoms with Gasteiger partial charge < -0.3 is 0 Å². The van der Waals surface area contributed by atoms with Crippen LogP contribution in [0.15, 0.2) is 17.0 Å². The third kappa shape index (κ3) is 3.98. The van der Waals surface area contributed by atoms with Gasteiger partial charge in [0.2, 0.25) is 15.8 Å². The molecule has 0 aliphatic carbocycles. The molecule has 1 aromatic rings. The van der Waals surface area contributed by atoms with Crippen LogP contribution in [0.5, 0.6) is 0 Å². The largest absolute Gasteiger partial charge is 0.306 e. The fourth-order valence-corrected chi connectivity index (χ4v) is 3.74. The van der Waals surface area contributed by atoms with Crippen molar-refractivity contribution < 1.29 is 17.7 Å². The molecule has 1 unspecified atom stereocenters. The minimum Gasteiger partial charge on any atom is -0.258 e. The highest BCUT2D eigenvalue weighted by atomic mass is 32.2. The molecule has 6 nitrogen and oxygen atoms in total. The third-order valence-electron chi connectivity index (χ3n) is 3.28. The van der Waals surface area contributed by atoms with Crippen LogP contribution in [-0.4, -0.2) is 19.4 Å². The lowest BCUT2D eigenvalue weighted by molar-refractivity contribution is -0.387. The lowest BCUT2D eigenvalue weighted by Crippen LogP contribution is -2.38. The number of nitro benzene ring substituents is 1. The summed E-state index contributed by atoms with van der Waals surface area (Å²) >= 11 is 0. The van der Waals surface area contributed by atoms with Crippen LogP contribution < -0.4 is 4.72 Å². The normalized spacial score (nSPS) is 13.4. The van der Waals surface area contributed by atoms with Gasteiger partial charge in [-0.1, -0.05) is 20.8 Å². The van der Waals surface area contributed by atoms with Crippen molar-refractivity contribution >= 4 is 15.7 Å². The molecule has 0 radical (unpaired) electrons. The molecular formula is C13H19FN2O4S. The molecule has 0 saturated heterocycles. The SMILES string of the molecule is CCC(NS(=O)(=O)c1cc([N+](=O)[O-])c(F)cc1C)C(C)C. The fourth-order valence-electron chi connectivity index (χ4n) is 2.03. The Morgan fingerprint density at radius 2 is 1.95 bits per heavy atom. The molecule has 0 saturated carbocycles. The molecular weight excluding hydrogens is 299 g/mol. The molecule has 118 valence electrons. The Morgan fingerprint density at radius 1 is 1.38 bits per heavy atom. The number of halogens is 1. The molecule has 0 aliphatic rings. The van der Waals surface area contributed by atoms with Gasteiger partial charge in [-0.2, -0.15) is 4.39 Å². The van der Waals surface area contributed by atoms with Crippen molar-refractivity contribution in [3.05, 3.63) is 33.6 Å². The van der Waals surface area contributed by atoms with Crippen LogP contribution in [0.25, 0.3) is 0 Å².